The van der Waals surface area contributed by atoms with Gasteiger partial charge in [0.15, 0.2) is 0 Å². The minimum absolute atomic E-state index is 0.151. The number of hydrogen-bond donors (Lipinski definition) is 2. The van der Waals surface area contributed by atoms with Gasteiger partial charge in [0.25, 0.3) is 0 Å². The number of nitrogens with zero attached hydrogens (tertiary/aromatic N) is 4. The van der Waals surface area contributed by atoms with E-state index in [0.29, 0.717) is 35.6 Å². The lowest BCUT2D eigenvalue weighted by atomic mass is 9.92. The van der Waals surface area contributed by atoms with Gasteiger partial charge in [0, 0.05) is 23.8 Å². The molecule has 0 unspecified atom stereocenters. The smallest absolute Gasteiger partial charge is 0.353 e. The molecule has 0 spiro atoms. The molecule has 2 aromatic rings. The largest absolute Gasteiger partial charge is 0.378 e. The van der Waals surface area contributed by atoms with Crippen LogP contribution in [0.15, 0.2) is 24.3 Å². The number of nitrogen functional groups attached to an aromatic ring is 1. The van der Waals surface area contributed by atoms with E-state index < -0.39 is 4.92 Å². The van der Waals surface area contributed by atoms with Gasteiger partial charge in [-0.2, -0.15) is 9.97 Å². The summed E-state index contributed by atoms with van der Waals surface area (Å²) in [6.07, 6.45) is 1.08. The molecule has 26 heavy (non-hydrogen) atoms. The Morgan fingerprint density at radius 3 is 2.42 bits per heavy atom. The zero-order valence-corrected chi connectivity index (χ0v) is 15.4. The van der Waals surface area contributed by atoms with Crippen LogP contribution in [0.2, 0.25) is 5.02 Å². The highest BCUT2D eigenvalue weighted by Crippen LogP contribution is 2.35. The topological polar surface area (TPSA) is 110 Å². The molecule has 2 heterocycles. The summed E-state index contributed by atoms with van der Waals surface area (Å²) in [5.74, 6) is 1.17. The fourth-order valence-corrected chi connectivity index (χ4v) is 3.54. The molecule has 1 saturated heterocycles. The molecule has 1 aliphatic rings. The van der Waals surface area contributed by atoms with Gasteiger partial charge in [-0.05, 0) is 42.5 Å². The highest BCUT2D eigenvalue weighted by molar-refractivity contribution is 6.30. The van der Waals surface area contributed by atoms with Crippen molar-refractivity contribution in [1.82, 2.24) is 9.97 Å². The molecule has 1 aliphatic heterocycles. The predicted octanol–water partition coefficient (Wildman–Crippen LogP) is 3.85. The molecule has 1 aromatic carbocycles. The van der Waals surface area contributed by atoms with Crippen LogP contribution in [0, 0.1) is 22.0 Å². The first-order valence-corrected chi connectivity index (χ1v) is 8.80. The third-order valence-corrected chi connectivity index (χ3v) is 4.60. The number of piperidine rings is 1. The van der Waals surface area contributed by atoms with Gasteiger partial charge in [0.05, 0.1) is 4.92 Å². The summed E-state index contributed by atoms with van der Waals surface area (Å²) in [6, 6.07) is 7.00. The van der Waals surface area contributed by atoms with Crippen LogP contribution < -0.4 is 16.0 Å². The summed E-state index contributed by atoms with van der Waals surface area (Å²) in [4.78, 5) is 21.4. The third-order valence-electron chi connectivity index (χ3n) is 4.34. The molecule has 0 aliphatic carbocycles. The maximum atomic E-state index is 11.5. The standard InChI is InChI=1S/C17H21ClN6O2/c1-10-7-11(2)9-23(8-10)16-14(24(25)26)15(19)21-17(22-16)20-13-5-3-12(18)4-6-13/h3-6,10-11H,7-9H2,1-2H3,(H3,19,20,21,22)/t10-,11+. The van der Waals surface area contributed by atoms with Crippen molar-refractivity contribution in [2.75, 3.05) is 29.0 Å². The van der Waals surface area contributed by atoms with E-state index in [1.807, 2.05) is 4.90 Å². The second-order valence-electron chi connectivity index (χ2n) is 6.84. The average Bonchev–Trinajstić information content (AvgIpc) is 2.55. The number of nitro groups is 1. The SMILES string of the molecule is C[C@@H]1C[C@H](C)CN(c2nc(Nc3ccc(Cl)cc3)nc(N)c2[N+](=O)[O-])C1. The molecule has 8 nitrogen and oxygen atoms in total. The fourth-order valence-electron chi connectivity index (χ4n) is 3.41. The van der Waals surface area contributed by atoms with Crippen LogP contribution in [0.1, 0.15) is 20.3 Å². The fraction of sp³-hybridized carbons (Fsp3) is 0.412. The van der Waals surface area contributed by atoms with E-state index in [4.69, 9.17) is 17.3 Å². The molecule has 1 fully saturated rings. The van der Waals surface area contributed by atoms with Gasteiger partial charge in [0.2, 0.25) is 17.6 Å². The van der Waals surface area contributed by atoms with Crippen molar-refractivity contribution in [1.29, 1.82) is 0 Å². The second-order valence-corrected chi connectivity index (χ2v) is 7.28. The Morgan fingerprint density at radius 1 is 1.23 bits per heavy atom. The molecule has 0 radical (unpaired) electrons. The van der Waals surface area contributed by atoms with Gasteiger partial charge in [-0.1, -0.05) is 25.4 Å². The molecule has 0 bridgehead atoms. The maximum Gasteiger partial charge on any atom is 0.353 e. The van der Waals surface area contributed by atoms with E-state index >= 15 is 0 Å². The summed E-state index contributed by atoms with van der Waals surface area (Å²) in [5.41, 5.74) is 6.37. The van der Waals surface area contributed by atoms with Gasteiger partial charge in [-0.25, -0.2) is 0 Å². The summed E-state index contributed by atoms with van der Waals surface area (Å²) < 4.78 is 0. The molecule has 138 valence electrons. The zero-order chi connectivity index (χ0) is 18.8. The lowest BCUT2D eigenvalue weighted by molar-refractivity contribution is -0.383. The van der Waals surface area contributed by atoms with Crippen molar-refractivity contribution < 1.29 is 4.92 Å². The van der Waals surface area contributed by atoms with E-state index in [2.05, 4.69) is 29.1 Å². The van der Waals surface area contributed by atoms with E-state index in [1.54, 1.807) is 24.3 Å². The molecule has 9 heteroatoms. The number of anilines is 4. The van der Waals surface area contributed by atoms with E-state index in [9.17, 15) is 10.1 Å². The normalized spacial score (nSPS) is 20.0. The van der Waals surface area contributed by atoms with Gasteiger partial charge in [0.1, 0.15) is 0 Å². The van der Waals surface area contributed by atoms with Crippen molar-refractivity contribution >= 4 is 40.6 Å². The summed E-state index contributed by atoms with van der Waals surface area (Å²) in [7, 11) is 0. The first kappa shape index (κ1) is 18.2. The third kappa shape index (κ3) is 3.96. The van der Waals surface area contributed by atoms with Crippen molar-refractivity contribution in [3.05, 3.63) is 39.4 Å². The highest BCUT2D eigenvalue weighted by Gasteiger charge is 2.31. The van der Waals surface area contributed by atoms with Gasteiger partial charge < -0.3 is 16.0 Å². The number of hydrogen-bond acceptors (Lipinski definition) is 7. The molecule has 2 atom stereocenters. The Morgan fingerprint density at radius 2 is 1.85 bits per heavy atom. The van der Waals surface area contributed by atoms with Crippen molar-refractivity contribution in [2.45, 2.75) is 20.3 Å². The number of aromatic nitrogens is 2. The van der Waals surface area contributed by atoms with Crippen molar-refractivity contribution in [2.24, 2.45) is 11.8 Å². The number of halogens is 1. The monoisotopic (exact) mass is 376 g/mol. The Hall–Kier alpha value is -2.61. The highest BCUT2D eigenvalue weighted by atomic mass is 35.5. The van der Waals surface area contributed by atoms with Gasteiger partial charge in [-0.3, -0.25) is 10.1 Å². The number of rotatable bonds is 4. The van der Waals surface area contributed by atoms with Crippen LogP contribution in [0.5, 0.6) is 0 Å². The first-order valence-electron chi connectivity index (χ1n) is 8.43. The number of benzene rings is 1. The summed E-state index contributed by atoms with van der Waals surface area (Å²) >= 11 is 5.89. The zero-order valence-electron chi connectivity index (χ0n) is 14.6. The quantitative estimate of drug-likeness (QED) is 0.615. The minimum atomic E-state index is -0.513. The van der Waals surface area contributed by atoms with E-state index in [-0.39, 0.29) is 23.3 Å². The van der Waals surface area contributed by atoms with Crippen LogP contribution in [-0.4, -0.2) is 28.0 Å². The Labute approximate surface area is 156 Å². The molecular weight excluding hydrogens is 356 g/mol. The number of nitrogens with two attached hydrogens (primary N) is 1. The van der Waals surface area contributed by atoms with Crippen LogP contribution in [-0.2, 0) is 0 Å². The Balaban J connectivity index is 1.99. The molecular formula is C17H21ClN6O2. The molecule has 3 N–H and O–H groups in total. The van der Waals surface area contributed by atoms with Crippen molar-refractivity contribution in [3.8, 4) is 0 Å². The van der Waals surface area contributed by atoms with E-state index in [1.165, 1.54) is 0 Å². The van der Waals surface area contributed by atoms with Gasteiger partial charge in [-0.15, -0.1) is 0 Å². The van der Waals surface area contributed by atoms with Gasteiger partial charge >= 0.3 is 5.69 Å². The predicted molar refractivity (Wildman–Crippen MR) is 103 cm³/mol. The molecule has 0 amide bonds. The summed E-state index contributed by atoms with van der Waals surface area (Å²) in [6.45, 7) is 5.65. The second kappa shape index (κ2) is 7.33. The molecule has 0 saturated carbocycles. The lowest BCUT2D eigenvalue weighted by Gasteiger charge is -2.35. The van der Waals surface area contributed by atoms with Crippen molar-refractivity contribution in [3.63, 3.8) is 0 Å². The molecule has 3 rings (SSSR count). The van der Waals surface area contributed by atoms with Crippen LogP contribution in [0.25, 0.3) is 0 Å². The maximum absolute atomic E-state index is 11.5. The van der Waals surface area contributed by atoms with Crippen LogP contribution in [0.4, 0.5) is 29.0 Å². The Kier molecular flexibility index (Phi) is 5.13. The first-order chi connectivity index (χ1) is 12.3. The summed E-state index contributed by atoms with van der Waals surface area (Å²) in [5, 5.41) is 15.2. The van der Waals surface area contributed by atoms with Crippen LogP contribution in [0.3, 0.4) is 0 Å². The average molecular weight is 377 g/mol. The minimum Gasteiger partial charge on any atom is -0.378 e. The van der Waals surface area contributed by atoms with Crippen LogP contribution >= 0.6 is 11.6 Å². The molecule has 1 aromatic heterocycles. The lowest BCUT2D eigenvalue weighted by Crippen LogP contribution is -2.39. The van der Waals surface area contributed by atoms with E-state index in [0.717, 1.165) is 6.42 Å². The Bertz CT molecular complexity index is 804. The number of nitrogens with one attached hydrogen (secondary N) is 1.